The number of halogens is 1. The fraction of sp³-hybridized carbons (Fsp3) is 0.382. The number of aliphatic hydroxyl groups is 1. The molecule has 45 heavy (non-hydrogen) atoms. The van der Waals surface area contributed by atoms with Crippen molar-refractivity contribution < 1.29 is 19.4 Å². The normalized spacial score (nSPS) is 19.1. The van der Waals surface area contributed by atoms with Gasteiger partial charge in [-0.2, -0.15) is 0 Å². The molecule has 1 saturated heterocycles. The van der Waals surface area contributed by atoms with Crippen molar-refractivity contribution in [2.75, 3.05) is 13.1 Å². The van der Waals surface area contributed by atoms with Gasteiger partial charge < -0.3 is 20.1 Å². The number of hydrogen-bond donors (Lipinski definition) is 2. The van der Waals surface area contributed by atoms with Gasteiger partial charge in [-0.15, -0.1) is 15.0 Å². The van der Waals surface area contributed by atoms with E-state index in [0.717, 1.165) is 11.1 Å². The predicted octanol–water partition coefficient (Wildman–Crippen LogP) is 5.07. The lowest BCUT2D eigenvalue weighted by atomic mass is 9.66. The molecular weight excluding hydrogens is 592 g/mol. The first-order chi connectivity index (χ1) is 21.5. The topological polar surface area (TPSA) is 122 Å². The molecule has 4 aromatic rings. The fourth-order valence-electron chi connectivity index (χ4n) is 5.72. The molecule has 11 heteroatoms. The highest BCUT2D eigenvalue weighted by Crippen LogP contribution is 2.46. The van der Waals surface area contributed by atoms with Crippen molar-refractivity contribution in [3.63, 3.8) is 0 Å². The van der Waals surface area contributed by atoms with Crippen molar-refractivity contribution >= 4 is 23.4 Å². The van der Waals surface area contributed by atoms with E-state index < -0.39 is 23.0 Å². The molecule has 2 heterocycles. The van der Waals surface area contributed by atoms with Crippen LogP contribution in [0.1, 0.15) is 55.6 Å². The Hall–Kier alpha value is -4.12. The Morgan fingerprint density at radius 3 is 2.49 bits per heavy atom. The number of benzene rings is 3. The molecule has 5 rings (SSSR count). The summed E-state index contributed by atoms with van der Waals surface area (Å²) in [6, 6.07) is 23.6. The number of carbonyl (C=O) groups is 2. The molecule has 1 aliphatic heterocycles. The Kier molecular flexibility index (Phi) is 9.67. The van der Waals surface area contributed by atoms with Crippen LogP contribution in [0.3, 0.4) is 0 Å². The number of carbonyl (C=O) groups excluding carboxylic acids is 2. The predicted molar refractivity (Wildman–Crippen MR) is 171 cm³/mol. The van der Waals surface area contributed by atoms with Crippen LogP contribution in [0.15, 0.2) is 78.9 Å². The summed E-state index contributed by atoms with van der Waals surface area (Å²) in [6.45, 7) is 8.92. The molecule has 0 bridgehead atoms. The molecule has 2 amide bonds. The smallest absolute Gasteiger partial charge is 0.251 e. The van der Waals surface area contributed by atoms with Crippen molar-refractivity contribution in [2.24, 2.45) is 11.3 Å². The second-order valence-electron chi connectivity index (χ2n) is 12.3. The van der Waals surface area contributed by atoms with Gasteiger partial charge in [0.15, 0.2) is 6.73 Å². The molecule has 0 radical (unpaired) electrons. The van der Waals surface area contributed by atoms with Crippen LogP contribution in [0.5, 0.6) is 0 Å². The lowest BCUT2D eigenvalue weighted by molar-refractivity contribution is -0.156. The summed E-state index contributed by atoms with van der Waals surface area (Å²) >= 11 is 6.06. The highest BCUT2D eigenvalue weighted by molar-refractivity contribution is 6.30. The first-order valence-electron chi connectivity index (χ1n) is 15.0. The molecule has 1 fully saturated rings. The zero-order valence-corrected chi connectivity index (χ0v) is 26.7. The summed E-state index contributed by atoms with van der Waals surface area (Å²) in [4.78, 5) is 30.0. The van der Waals surface area contributed by atoms with Crippen LogP contribution in [0, 0.1) is 11.3 Å². The average molecular weight is 631 g/mol. The van der Waals surface area contributed by atoms with E-state index in [1.165, 1.54) is 4.80 Å². The SMILES string of the molecule is CC(NC(=O)c1cccc(-c2nnn(COCc3ccccc3)n2)c1)[C@@H](C)C(=O)N1CC[C@](O)(c2ccc(Cl)cc2)C(C)(C)C1. The second-order valence-corrected chi connectivity index (χ2v) is 12.8. The molecule has 236 valence electrons. The standard InChI is InChI=1S/C34H39ClN6O4/c1-23(32(43)40-18-17-34(44,33(3,4)21-40)28-13-15-29(35)16-14-28)24(2)36-31(42)27-12-8-11-26(19-27)30-37-39-41(38-30)22-45-20-25-9-6-5-7-10-25/h5-16,19,23-24,44H,17-18,20-22H2,1-4H3,(H,36,42)/t23-,24?,34+/m1/s1. The Labute approximate surface area is 268 Å². The second kappa shape index (κ2) is 13.5. The summed E-state index contributed by atoms with van der Waals surface area (Å²) in [7, 11) is 0. The third-order valence-corrected chi connectivity index (χ3v) is 8.99. The zero-order chi connectivity index (χ0) is 32.2. The van der Waals surface area contributed by atoms with Crippen LogP contribution in [-0.2, 0) is 28.5 Å². The number of rotatable bonds is 10. The molecule has 10 nitrogen and oxygen atoms in total. The van der Waals surface area contributed by atoms with Gasteiger partial charge in [-0.05, 0) is 54.0 Å². The summed E-state index contributed by atoms with van der Waals surface area (Å²) in [6.07, 6.45) is 0.394. The molecule has 3 atom stereocenters. The van der Waals surface area contributed by atoms with Crippen molar-refractivity contribution in [2.45, 2.75) is 59.1 Å². The maximum atomic E-state index is 13.6. The van der Waals surface area contributed by atoms with E-state index in [4.69, 9.17) is 16.3 Å². The lowest BCUT2D eigenvalue weighted by Gasteiger charge is -2.51. The highest BCUT2D eigenvalue weighted by Gasteiger charge is 2.50. The van der Waals surface area contributed by atoms with E-state index in [-0.39, 0.29) is 18.5 Å². The Balaban J connectivity index is 1.17. The first-order valence-corrected chi connectivity index (χ1v) is 15.4. The minimum Gasteiger partial charge on any atom is -0.384 e. The van der Waals surface area contributed by atoms with E-state index in [1.807, 2.05) is 76.2 Å². The summed E-state index contributed by atoms with van der Waals surface area (Å²) in [5.41, 5.74) is 1.18. The third-order valence-electron chi connectivity index (χ3n) is 8.74. The molecule has 0 spiro atoms. The van der Waals surface area contributed by atoms with Crippen molar-refractivity contribution in [1.82, 2.24) is 30.4 Å². The van der Waals surface area contributed by atoms with E-state index in [0.29, 0.717) is 48.1 Å². The highest BCUT2D eigenvalue weighted by atomic mass is 35.5. The zero-order valence-electron chi connectivity index (χ0n) is 26.0. The lowest BCUT2D eigenvalue weighted by Crippen LogP contribution is -2.58. The van der Waals surface area contributed by atoms with Gasteiger partial charge in [0.2, 0.25) is 11.7 Å². The first kappa shape index (κ1) is 32.3. The number of hydrogen-bond acceptors (Lipinski definition) is 7. The van der Waals surface area contributed by atoms with E-state index in [2.05, 4.69) is 20.7 Å². The van der Waals surface area contributed by atoms with Gasteiger partial charge in [0, 0.05) is 40.7 Å². The van der Waals surface area contributed by atoms with Crippen molar-refractivity contribution in [1.29, 1.82) is 0 Å². The molecule has 0 aliphatic carbocycles. The van der Waals surface area contributed by atoms with Gasteiger partial charge >= 0.3 is 0 Å². The van der Waals surface area contributed by atoms with Gasteiger partial charge in [0.05, 0.1) is 18.1 Å². The minimum absolute atomic E-state index is 0.0712. The fourth-order valence-corrected chi connectivity index (χ4v) is 5.85. The molecule has 0 saturated carbocycles. The maximum absolute atomic E-state index is 13.6. The summed E-state index contributed by atoms with van der Waals surface area (Å²) < 4.78 is 5.68. The van der Waals surface area contributed by atoms with Crippen LogP contribution in [0.25, 0.3) is 11.4 Å². The quantitative estimate of drug-likeness (QED) is 0.251. The number of nitrogens with zero attached hydrogens (tertiary/aromatic N) is 5. The molecule has 1 unspecified atom stereocenters. The summed E-state index contributed by atoms with van der Waals surface area (Å²) in [5.74, 6) is -0.486. The average Bonchev–Trinajstić information content (AvgIpc) is 3.51. The number of amides is 2. The van der Waals surface area contributed by atoms with Gasteiger partial charge in [-0.1, -0.05) is 87.0 Å². The Morgan fingerprint density at radius 1 is 1.04 bits per heavy atom. The monoisotopic (exact) mass is 630 g/mol. The van der Waals surface area contributed by atoms with Gasteiger partial charge in [0.1, 0.15) is 0 Å². The van der Waals surface area contributed by atoms with E-state index >= 15 is 0 Å². The van der Waals surface area contributed by atoms with Crippen LogP contribution >= 0.6 is 11.6 Å². The number of nitrogens with one attached hydrogen (secondary N) is 1. The van der Waals surface area contributed by atoms with Gasteiger partial charge in [-0.3, -0.25) is 9.59 Å². The van der Waals surface area contributed by atoms with Crippen LogP contribution in [0.2, 0.25) is 5.02 Å². The number of likely N-dealkylation sites (tertiary alicyclic amines) is 1. The van der Waals surface area contributed by atoms with Gasteiger partial charge in [-0.25, -0.2) is 0 Å². The summed E-state index contributed by atoms with van der Waals surface area (Å²) in [5, 5.41) is 27.8. The minimum atomic E-state index is -1.10. The molecule has 3 aromatic carbocycles. The van der Waals surface area contributed by atoms with Crippen LogP contribution in [-0.4, -0.2) is 61.2 Å². The van der Waals surface area contributed by atoms with E-state index in [1.54, 1.807) is 35.2 Å². The van der Waals surface area contributed by atoms with Crippen LogP contribution < -0.4 is 5.32 Å². The Bertz CT molecular complexity index is 1630. The van der Waals surface area contributed by atoms with Crippen molar-refractivity contribution in [3.05, 3.63) is 101 Å². The number of aromatic nitrogens is 4. The number of piperidine rings is 1. The third kappa shape index (κ3) is 7.24. The number of tetrazole rings is 1. The van der Waals surface area contributed by atoms with Crippen molar-refractivity contribution in [3.8, 4) is 11.4 Å². The largest absolute Gasteiger partial charge is 0.384 e. The molecule has 1 aliphatic rings. The number of ether oxygens (including phenoxy) is 1. The molecular formula is C34H39ClN6O4. The Morgan fingerprint density at radius 2 is 1.78 bits per heavy atom. The van der Waals surface area contributed by atoms with Gasteiger partial charge in [0.25, 0.3) is 5.91 Å². The van der Waals surface area contributed by atoms with E-state index in [9.17, 15) is 14.7 Å². The molecule has 2 N–H and O–H groups in total. The maximum Gasteiger partial charge on any atom is 0.251 e. The molecule has 1 aromatic heterocycles. The van der Waals surface area contributed by atoms with Crippen LogP contribution in [0.4, 0.5) is 0 Å².